The summed E-state index contributed by atoms with van der Waals surface area (Å²) in [5.41, 5.74) is 0.855. The molecule has 21 heavy (non-hydrogen) atoms. The fourth-order valence-electron chi connectivity index (χ4n) is 2.54. The molecule has 0 saturated heterocycles. The summed E-state index contributed by atoms with van der Waals surface area (Å²) in [6.45, 7) is 5.78. The van der Waals surface area contributed by atoms with Crippen LogP contribution in [-0.4, -0.2) is 25.1 Å². The lowest BCUT2D eigenvalue weighted by Crippen LogP contribution is -2.34. The molecule has 1 heterocycles. The molecule has 0 amide bonds. The first kappa shape index (κ1) is 15.1. The maximum atomic E-state index is 12.5. The Morgan fingerprint density at radius 3 is 2.67 bits per heavy atom. The Labute approximate surface area is 127 Å². The van der Waals surface area contributed by atoms with Gasteiger partial charge in [0.15, 0.2) is 0 Å². The molecule has 6 heteroatoms. The number of hydrogen-bond donors (Lipinski definition) is 2. The molecule has 118 valence electrons. The van der Waals surface area contributed by atoms with Crippen LogP contribution in [0.4, 0.5) is 0 Å². The third kappa shape index (κ3) is 3.49. The lowest BCUT2D eigenvalue weighted by Gasteiger charge is -2.10. The third-order valence-electron chi connectivity index (χ3n) is 4.27. The Hall–Kier alpha value is -0.850. The molecule has 0 aliphatic heterocycles. The highest BCUT2D eigenvalue weighted by Crippen LogP contribution is 2.39. The Bertz CT molecular complexity index is 613. The molecule has 0 atom stereocenters. The van der Waals surface area contributed by atoms with Gasteiger partial charge in [0.25, 0.3) is 0 Å². The van der Waals surface area contributed by atoms with Gasteiger partial charge < -0.3 is 9.88 Å². The van der Waals surface area contributed by atoms with E-state index >= 15 is 0 Å². The zero-order valence-corrected chi connectivity index (χ0v) is 13.7. The average molecular weight is 311 g/mol. The number of sulfonamides is 1. The van der Waals surface area contributed by atoms with Crippen molar-refractivity contribution in [3.63, 3.8) is 0 Å². The molecule has 1 aromatic rings. The van der Waals surface area contributed by atoms with Gasteiger partial charge in [-0.2, -0.15) is 0 Å². The van der Waals surface area contributed by atoms with Crippen molar-refractivity contribution in [2.75, 3.05) is 6.54 Å². The zero-order valence-electron chi connectivity index (χ0n) is 12.9. The number of nitrogens with zero attached hydrogens (tertiary/aromatic N) is 1. The van der Waals surface area contributed by atoms with Crippen molar-refractivity contribution in [2.24, 2.45) is 0 Å². The van der Waals surface area contributed by atoms with Crippen LogP contribution in [0.1, 0.15) is 57.7 Å². The van der Waals surface area contributed by atoms with E-state index < -0.39 is 10.0 Å². The van der Waals surface area contributed by atoms with Gasteiger partial charge in [-0.25, -0.2) is 13.1 Å². The standard InChI is InChI=1S/C15H25N3O2S/c1-3-8-16-10-13-9-14(11-18(13)12-4-5-12)21(19,20)17-15(2)6-7-15/h9,11-12,16-17H,3-8,10H2,1-2H3. The van der Waals surface area contributed by atoms with Crippen molar-refractivity contribution in [1.82, 2.24) is 14.6 Å². The lowest BCUT2D eigenvalue weighted by molar-refractivity contribution is 0.557. The highest BCUT2D eigenvalue weighted by molar-refractivity contribution is 7.89. The minimum Gasteiger partial charge on any atom is -0.346 e. The Balaban J connectivity index is 1.80. The van der Waals surface area contributed by atoms with Gasteiger partial charge in [0, 0.05) is 30.0 Å². The van der Waals surface area contributed by atoms with E-state index in [0.717, 1.165) is 50.9 Å². The van der Waals surface area contributed by atoms with Crippen LogP contribution in [0.2, 0.25) is 0 Å². The van der Waals surface area contributed by atoms with Gasteiger partial charge in [-0.05, 0) is 51.6 Å². The van der Waals surface area contributed by atoms with Crippen LogP contribution in [0, 0.1) is 0 Å². The Morgan fingerprint density at radius 1 is 1.38 bits per heavy atom. The van der Waals surface area contributed by atoms with Crippen molar-refractivity contribution >= 4 is 10.0 Å². The third-order valence-corrected chi connectivity index (χ3v) is 5.88. The van der Waals surface area contributed by atoms with Crippen LogP contribution in [0.15, 0.2) is 17.2 Å². The molecule has 2 aliphatic rings. The van der Waals surface area contributed by atoms with Crippen molar-refractivity contribution in [1.29, 1.82) is 0 Å². The first-order chi connectivity index (χ1) is 9.93. The van der Waals surface area contributed by atoms with Gasteiger partial charge in [-0.1, -0.05) is 6.92 Å². The molecule has 3 rings (SSSR count). The summed E-state index contributed by atoms with van der Waals surface area (Å²) in [5, 5.41) is 3.36. The molecule has 2 fully saturated rings. The summed E-state index contributed by atoms with van der Waals surface area (Å²) < 4.78 is 29.9. The molecule has 0 aromatic carbocycles. The minimum atomic E-state index is -3.39. The molecule has 0 spiro atoms. The second-order valence-corrected chi connectivity index (χ2v) is 8.33. The molecule has 1 aromatic heterocycles. The second-order valence-electron chi connectivity index (χ2n) is 6.65. The Morgan fingerprint density at radius 2 is 2.10 bits per heavy atom. The summed E-state index contributed by atoms with van der Waals surface area (Å²) in [5.74, 6) is 0. The van der Waals surface area contributed by atoms with Gasteiger partial charge in [0.2, 0.25) is 10.0 Å². The largest absolute Gasteiger partial charge is 0.346 e. The van der Waals surface area contributed by atoms with Crippen LogP contribution >= 0.6 is 0 Å². The van der Waals surface area contributed by atoms with Crippen LogP contribution < -0.4 is 10.0 Å². The fraction of sp³-hybridized carbons (Fsp3) is 0.733. The molecule has 5 nitrogen and oxygen atoms in total. The van der Waals surface area contributed by atoms with Crippen molar-refractivity contribution in [3.05, 3.63) is 18.0 Å². The van der Waals surface area contributed by atoms with Crippen LogP contribution in [0.25, 0.3) is 0 Å². The van der Waals surface area contributed by atoms with Crippen molar-refractivity contribution < 1.29 is 8.42 Å². The fourth-order valence-corrected chi connectivity index (χ4v) is 4.06. The quantitative estimate of drug-likeness (QED) is 0.723. The van der Waals surface area contributed by atoms with E-state index in [2.05, 4.69) is 21.5 Å². The molecule has 2 aliphatic carbocycles. The van der Waals surface area contributed by atoms with E-state index in [1.165, 1.54) is 0 Å². The normalized spacial score (nSPS) is 20.7. The van der Waals surface area contributed by atoms with E-state index in [4.69, 9.17) is 0 Å². The van der Waals surface area contributed by atoms with Gasteiger partial charge in [0.1, 0.15) is 0 Å². The molecular weight excluding hydrogens is 286 g/mol. The summed E-state index contributed by atoms with van der Waals surface area (Å²) in [6, 6.07) is 2.32. The van der Waals surface area contributed by atoms with E-state index in [-0.39, 0.29) is 5.54 Å². The van der Waals surface area contributed by atoms with Gasteiger partial charge >= 0.3 is 0 Å². The van der Waals surface area contributed by atoms with Crippen LogP contribution in [0.3, 0.4) is 0 Å². The molecule has 0 unspecified atom stereocenters. The van der Waals surface area contributed by atoms with E-state index in [1.807, 2.05) is 19.2 Å². The van der Waals surface area contributed by atoms with Crippen LogP contribution in [-0.2, 0) is 16.6 Å². The highest BCUT2D eigenvalue weighted by Gasteiger charge is 2.41. The first-order valence-electron chi connectivity index (χ1n) is 7.89. The molecule has 2 saturated carbocycles. The van der Waals surface area contributed by atoms with Gasteiger partial charge in [0.05, 0.1) is 4.90 Å². The van der Waals surface area contributed by atoms with Crippen LogP contribution in [0.5, 0.6) is 0 Å². The van der Waals surface area contributed by atoms with E-state index in [0.29, 0.717) is 10.9 Å². The average Bonchev–Trinajstić information content (AvgIpc) is 3.32. The topological polar surface area (TPSA) is 63.1 Å². The SMILES string of the molecule is CCCNCc1cc(S(=O)(=O)NC2(C)CC2)cn1C1CC1. The maximum Gasteiger partial charge on any atom is 0.242 e. The van der Waals surface area contributed by atoms with E-state index in [9.17, 15) is 8.42 Å². The molecular formula is C15H25N3O2S. The summed E-state index contributed by atoms with van der Waals surface area (Å²) in [6.07, 6.45) is 7.06. The maximum absolute atomic E-state index is 12.5. The smallest absolute Gasteiger partial charge is 0.242 e. The summed E-state index contributed by atoms with van der Waals surface area (Å²) >= 11 is 0. The molecule has 0 bridgehead atoms. The number of hydrogen-bond acceptors (Lipinski definition) is 3. The second kappa shape index (κ2) is 5.41. The first-order valence-corrected chi connectivity index (χ1v) is 9.37. The lowest BCUT2D eigenvalue weighted by atomic mass is 10.4. The van der Waals surface area contributed by atoms with Gasteiger partial charge in [-0.3, -0.25) is 0 Å². The summed E-state index contributed by atoms with van der Waals surface area (Å²) in [4.78, 5) is 0.413. The van der Waals surface area contributed by atoms with E-state index in [1.54, 1.807) is 0 Å². The van der Waals surface area contributed by atoms with Gasteiger partial charge in [-0.15, -0.1) is 0 Å². The van der Waals surface area contributed by atoms with Crippen molar-refractivity contribution in [3.8, 4) is 0 Å². The summed E-state index contributed by atoms with van der Waals surface area (Å²) in [7, 11) is -3.39. The monoisotopic (exact) mass is 311 g/mol. The number of rotatable bonds is 8. The highest BCUT2D eigenvalue weighted by atomic mass is 32.2. The number of nitrogens with one attached hydrogen (secondary N) is 2. The zero-order chi connectivity index (χ0) is 15.1. The predicted molar refractivity (Wildman–Crippen MR) is 82.7 cm³/mol. The number of aromatic nitrogens is 1. The molecule has 0 radical (unpaired) electrons. The minimum absolute atomic E-state index is 0.221. The Kier molecular flexibility index (Phi) is 3.88. The van der Waals surface area contributed by atoms with Crippen molar-refractivity contribution in [2.45, 2.75) is 69.0 Å². The molecule has 2 N–H and O–H groups in total. The predicted octanol–water partition coefficient (Wildman–Crippen LogP) is 2.15.